The summed E-state index contributed by atoms with van der Waals surface area (Å²) >= 11 is 0. The van der Waals surface area contributed by atoms with Gasteiger partial charge in [-0.15, -0.1) is 0 Å². The first kappa shape index (κ1) is 8.94. The Hall–Kier alpha value is -0.150. The standard InChI is InChI=1S/C8H17FN2/c1-8(2,3)11-5-4-10-6-7(11)9/h7,10H,4-6H2,1-3H3. The van der Waals surface area contributed by atoms with Crippen LogP contribution in [0.4, 0.5) is 4.39 Å². The number of nitrogens with zero attached hydrogens (tertiary/aromatic N) is 1. The molecule has 0 aliphatic carbocycles. The number of nitrogens with one attached hydrogen (secondary N) is 1. The highest BCUT2D eigenvalue weighted by Crippen LogP contribution is 2.18. The van der Waals surface area contributed by atoms with Gasteiger partial charge in [-0.2, -0.15) is 0 Å². The lowest BCUT2D eigenvalue weighted by Gasteiger charge is -2.40. The molecule has 0 aromatic rings. The number of hydrogen-bond acceptors (Lipinski definition) is 2. The summed E-state index contributed by atoms with van der Waals surface area (Å²) in [7, 11) is 0. The van der Waals surface area contributed by atoms with Gasteiger partial charge in [-0.05, 0) is 20.8 Å². The van der Waals surface area contributed by atoms with E-state index in [1.807, 2.05) is 25.7 Å². The number of halogens is 1. The van der Waals surface area contributed by atoms with Crippen LogP contribution < -0.4 is 5.32 Å². The molecular weight excluding hydrogens is 143 g/mol. The summed E-state index contributed by atoms with van der Waals surface area (Å²) in [6, 6.07) is 0. The zero-order valence-electron chi connectivity index (χ0n) is 7.52. The van der Waals surface area contributed by atoms with Gasteiger partial charge in [0, 0.05) is 25.2 Å². The fourth-order valence-electron chi connectivity index (χ4n) is 1.43. The molecule has 1 heterocycles. The van der Waals surface area contributed by atoms with E-state index in [2.05, 4.69) is 5.32 Å². The Labute approximate surface area is 67.8 Å². The average molecular weight is 160 g/mol. The summed E-state index contributed by atoms with van der Waals surface area (Å²) in [5, 5.41) is 3.02. The predicted molar refractivity (Wildman–Crippen MR) is 44.2 cm³/mol. The van der Waals surface area contributed by atoms with Crippen molar-refractivity contribution in [2.24, 2.45) is 0 Å². The van der Waals surface area contributed by atoms with Gasteiger partial charge in [0.2, 0.25) is 0 Å². The van der Waals surface area contributed by atoms with E-state index in [4.69, 9.17) is 0 Å². The summed E-state index contributed by atoms with van der Waals surface area (Å²) in [6.45, 7) is 8.32. The maximum atomic E-state index is 13.2. The Kier molecular flexibility index (Phi) is 2.50. The van der Waals surface area contributed by atoms with Crippen molar-refractivity contribution in [2.45, 2.75) is 32.6 Å². The highest BCUT2D eigenvalue weighted by atomic mass is 19.1. The number of piperazine rings is 1. The zero-order chi connectivity index (χ0) is 8.48. The summed E-state index contributed by atoms with van der Waals surface area (Å²) in [5.74, 6) is 0. The lowest BCUT2D eigenvalue weighted by molar-refractivity contribution is -0.0103. The first-order valence-corrected chi connectivity index (χ1v) is 4.13. The molecule has 0 saturated carbocycles. The monoisotopic (exact) mass is 160 g/mol. The van der Waals surface area contributed by atoms with Crippen molar-refractivity contribution in [2.75, 3.05) is 19.6 Å². The SMILES string of the molecule is CC(C)(C)N1CCNCC1F. The lowest BCUT2D eigenvalue weighted by atomic mass is 10.1. The molecule has 0 aromatic carbocycles. The van der Waals surface area contributed by atoms with Crippen LogP contribution in [0, 0.1) is 0 Å². The van der Waals surface area contributed by atoms with Crippen molar-refractivity contribution in [3.63, 3.8) is 0 Å². The van der Waals surface area contributed by atoms with Gasteiger partial charge in [0.1, 0.15) is 0 Å². The second kappa shape index (κ2) is 3.07. The minimum atomic E-state index is -0.816. The Morgan fingerprint density at radius 3 is 2.45 bits per heavy atom. The highest BCUT2D eigenvalue weighted by Gasteiger charge is 2.30. The highest BCUT2D eigenvalue weighted by molar-refractivity contribution is 4.82. The van der Waals surface area contributed by atoms with Gasteiger partial charge in [0.25, 0.3) is 0 Å². The molecule has 1 rings (SSSR count). The minimum Gasteiger partial charge on any atom is -0.311 e. The second-order valence-corrected chi connectivity index (χ2v) is 4.00. The Morgan fingerprint density at radius 2 is 2.09 bits per heavy atom. The van der Waals surface area contributed by atoms with E-state index in [0.717, 1.165) is 13.1 Å². The second-order valence-electron chi connectivity index (χ2n) is 4.00. The Bertz CT molecular complexity index is 131. The molecule has 0 amide bonds. The Balaban J connectivity index is 2.55. The van der Waals surface area contributed by atoms with Crippen molar-refractivity contribution in [1.29, 1.82) is 0 Å². The fourth-order valence-corrected chi connectivity index (χ4v) is 1.43. The van der Waals surface area contributed by atoms with Crippen LogP contribution in [0.1, 0.15) is 20.8 Å². The van der Waals surface area contributed by atoms with Crippen LogP contribution in [-0.4, -0.2) is 36.4 Å². The van der Waals surface area contributed by atoms with Crippen molar-refractivity contribution in [3.05, 3.63) is 0 Å². The van der Waals surface area contributed by atoms with E-state index in [0.29, 0.717) is 6.54 Å². The molecule has 11 heavy (non-hydrogen) atoms. The van der Waals surface area contributed by atoms with E-state index in [-0.39, 0.29) is 5.54 Å². The van der Waals surface area contributed by atoms with Crippen LogP contribution in [-0.2, 0) is 0 Å². The van der Waals surface area contributed by atoms with Gasteiger partial charge in [0.15, 0.2) is 6.30 Å². The third-order valence-electron chi connectivity index (χ3n) is 2.04. The van der Waals surface area contributed by atoms with Gasteiger partial charge in [-0.3, -0.25) is 4.90 Å². The van der Waals surface area contributed by atoms with E-state index in [1.165, 1.54) is 0 Å². The van der Waals surface area contributed by atoms with Gasteiger partial charge in [0.05, 0.1) is 0 Å². The molecule has 1 aliphatic rings. The summed E-state index contributed by atoms with van der Waals surface area (Å²) in [4.78, 5) is 1.89. The molecule has 0 radical (unpaired) electrons. The number of alkyl halides is 1. The van der Waals surface area contributed by atoms with Crippen LogP contribution in [0.3, 0.4) is 0 Å². The molecule has 1 saturated heterocycles. The molecule has 1 N–H and O–H groups in total. The third-order valence-corrected chi connectivity index (χ3v) is 2.04. The molecular formula is C8H17FN2. The first-order valence-electron chi connectivity index (χ1n) is 4.13. The van der Waals surface area contributed by atoms with Gasteiger partial charge < -0.3 is 5.32 Å². The van der Waals surface area contributed by atoms with Crippen molar-refractivity contribution < 1.29 is 4.39 Å². The topological polar surface area (TPSA) is 15.3 Å². The molecule has 1 aliphatic heterocycles. The van der Waals surface area contributed by atoms with E-state index >= 15 is 0 Å². The van der Waals surface area contributed by atoms with E-state index in [9.17, 15) is 4.39 Å². The van der Waals surface area contributed by atoms with Crippen molar-refractivity contribution in [1.82, 2.24) is 10.2 Å². The van der Waals surface area contributed by atoms with Crippen molar-refractivity contribution >= 4 is 0 Å². The van der Waals surface area contributed by atoms with Crippen LogP contribution in [0.15, 0.2) is 0 Å². The molecule has 66 valence electrons. The molecule has 0 bridgehead atoms. The summed E-state index contributed by atoms with van der Waals surface area (Å²) < 4.78 is 13.2. The first-order chi connectivity index (χ1) is 5.02. The van der Waals surface area contributed by atoms with E-state index < -0.39 is 6.30 Å². The van der Waals surface area contributed by atoms with Crippen LogP contribution in [0.25, 0.3) is 0 Å². The quantitative estimate of drug-likeness (QED) is 0.531. The third kappa shape index (κ3) is 2.14. The molecule has 0 aromatic heterocycles. The van der Waals surface area contributed by atoms with Crippen molar-refractivity contribution in [3.8, 4) is 0 Å². The molecule has 1 fully saturated rings. The van der Waals surface area contributed by atoms with E-state index in [1.54, 1.807) is 0 Å². The number of hydrogen-bond donors (Lipinski definition) is 1. The average Bonchev–Trinajstić information content (AvgIpc) is 1.86. The zero-order valence-corrected chi connectivity index (χ0v) is 7.52. The maximum Gasteiger partial charge on any atom is 0.166 e. The van der Waals surface area contributed by atoms with Crippen LogP contribution in [0.2, 0.25) is 0 Å². The summed E-state index contributed by atoms with van der Waals surface area (Å²) in [5.41, 5.74) is -0.0402. The fraction of sp³-hybridized carbons (Fsp3) is 1.00. The predicted octanol–water partition coefficient (Wildman–Crippen LogP) is 0.986. The molecule has 2 nitrogen and oxygen atoms in total. The minimum absolute atomic E-state index is 0.0402. The number of rotatable bonds is 0. The Morgan fingerprint density at radius 1 is 1.45 bits per heavy atom. The smallest absolute Gasteiger partial charge is 0.166 e. The largest absolute Gasteiger partial charge is 0.311 e. The van der Waals surface area contributed by atoms with Gasteiger partial charge >= 0.3 is 0 Å². The van der Waals surface area contributed by atoms with Crippen LogP contribution in [0.5, 0.6) is 0 Å². The molecule has 1 atom stereocenters. The van der Waals surface area contributed by atoms with Gasteiger partial charge in [-0.25, -0.2) is 4.39 Å². The summed E-state index contributed by atoms with van der Waals surface area (Å²) in [6.07, 6.45) is -0.816. The maximum absolute atomic E-state index is 13.2. The van der Waals surface area contributed by atoms with Gasteiger partial charge in [-0.1, -0.05) is 0 Å². The normalized spacial score (nSPS) is 28.9. The molecule has 3 heteroatoms. The van der Waals surface area contributed by atoms with Crippen LogP contribution >= 0.6 is 0 Å². The molecule has 1 unspecified atom stereocenters. The lowest BCUT2D eigenvalue weighted by Crippen LogP contribution is -2.56. The molecule has 0 spiro atoms.